The second-order valence-corrected chi connectivity index (χ2v) is 4.50. The number of aliphatic hydroxyl groups excluding tert-OH is 1. The summed E-state index contributed by atoms with van der Waals surface area (Å²) in [5.41, 5.74) is 6.83. The molecule has 0 saturated carbocycles. The van der Waals surface area contributed by atoms with Crippen molar-refractivity contribution in [3.63, 3.8) is 0 Å². The average molecular weight is 236 g/mol. The zero-order chi connectivity index (χ0) is 12.4. The minimum absolute atomic E-state index is 0.171. The van der Waals surface area contributed by atoms with Crippen LogP contribution in [0.5, 0.6) is 0 Å². The van der Waals surface area contributed by atoms with E-state index in [0.717, 1.165) is 43.0 Å². The van der Waals surface area contributed by atoms with Gasteiger partial charge in [-0.05, 0) is 19.8 Å². The molecular formula is C12H20N4O. The van der Waals surface area contributed by atoms with Gasteiger partial charge in [0.15, 0.2) is 0 Å². The molecule has 1 aliphatic rings. The first kappa shape index (κ1) is 12.1. The van der Waals surface area contributed by atoms with Gasteiger partial charge in [-0.3, -0.25) is 0 Å². The van der Waals surface area contributed by atoms with E-state index in [9.17, 15) is 5.11 Å². The van der Waals surface area contributed by atoms with E-state index in [1.807, 2.05) is 13.8 Å². The minimum Gasteiger partial charge on any atom is -0.394 e. The molecular weight excluding hydrogens is 216 g/mol. The van der Waals surface area contributed by atoms with Gasteiger partial charge in [-0.2, -0.15) is 0 Å². The molecule has 0 bridgehead atoms. The molecule has 1 aromatic rings. The van der Waals surface area contributed by atoms with E-state index >= 15 is 0 Å². The van der Waals surface area contributed by atoms with E-state index in [-0.39, 0.29) is 12.6 Å². The highest BCUT2D eigenvalue weighted by Gasteiger charge is 2.27. The number of anilines is 2. The number of rotatable bonds is 3. The Hall–Kier alpha value is -1.36. The van der Waals surface area contributed by atoms with Gasteiger partial charge in [0, 0.05) is 18.5 Å². The summed E-state index contributed by atoms with van der Waals surface area (Å²) in [6.07, 6.45) is 2.88. The lowest BCUT2D eigenvalue weighted by molar-refractivity contribution is 0.266. The summed E-state index contributed by atoms with van der Waals surface area (Å²) in [5.74, 6) is 2.22. The van der Waals surface area contributed by atoms with Crippen molar-refractivity contribution in [2.24, 2.45) is 0 Å². The van der Waals surface area contributed by atoms with Crippen LogP contribution in [-0.4, -0.2) is 34.3 Å². The van der Waals surface area contributed by atoms with E-state index in [2.05, 4.69) is 14.9 Å². The first-order valence-electron chi connectivity index (χ1n) is 6.17. The molecule has 0 spiro atoms. The van der Waals surface area contributed by atoms with Crippen molar-refractivity contribution < 1.29 is 5.11 Å². The molecule has 17 heavy (non-hydrogen) atoms. The Morgan fingerprint density at radius 3 is 2.88 bits per heavy atom. The summed E-state index contributed by atoms with van der Waals surface area (Å²) >= 11 is 0. The summed E-state index contributed by atoms with van der Waals surface area (Å²) < 4.78 is 0. The number of nitrogens with two attached hydrogens (primary N) is 1. The quantitative estimate of drug-likeness (QED) is 0.815. The highest BCUT2D eigenvalue weighted by atomic mass is 16.3. The Kier molecular flexibility index (Phi) is 3.47. The van der Waals surface area contributed by atoms with E-state index < -0.39 is 0 Å². The standard InChI is InChI=1S/C12H20N4O/c1-3-10-14-11(13)8(2)12(15-10)16-6-4-5-9(16)7-17/h9,17H,3-7H2,1-2H3,(H2,13,14,15). The molecule has 2 rings (SSSR count). The van der Waals surface area contributed by atoms with Crippen molar-refractivity contribution in [3.8, 4) is 0 Å². The molecule has 2 heterocycles. The van der Waals surface area contributed by atoms with E-state index in [1.54, 1.807) is 0 Å². The van der Waals surface area contributed by atoms with Gasteiger partial charge in [0.05, 0.1) is 12.6 Å². The van der Waals surface area contributed by atoms with Crippen molar-refractivity contribution in [3.05, 3.63) is 11.4 Å². The second-order valence-electron chi connectivity index (χ2n) is 4.50. The summed E-state index contributed by atoms with van der Waals surface area (Å²) in [6, 6.07) is 0.174. The van der Waals surface area contributed by atoms with Gasteiger partial charge in [-0.15, -0.1) is 0 Å². The van der Waals surface area contributed by atoms with Crippen LogP contribution in [0.2, 0.25) is 0 Å². The molecule has 94 valence electrons. The predicted octanol–water partition coefficient (Wildman–Crippen LogP) is 0.891. The first-order valence-corrected chi connectivity index (χ1v) is 6.17. The summed E-state index contributed by atoms with van der Waals surface area (Å²) in [5, 5.41) is 9.37. The smallest absolute Gasteiger partial charge is 0.137 e. The maximum Gasteiger partial charge on any atom is 0.137 e. The van der Waals surface area contributed by atoms with Gasteiger partial charge in [-0.1, -0.05) is 6.92 Å². The molecule has 1 saturated heterocycles. The van der Waals surface area contributed by atoms with Crippen LogP contribution in [0.15, 0.2) is 0 Å². The zero-order valence-corrected chi connectivity index (χ0v) is 10.5. The molecule has 0 aromatic carbocycles. The van der Waals surface area contributed by atoms with Crippen LogP contribution < -0.4 is 10.6 Å². The van der Waals surface area contributed by atoms with Crippen molar-refractivity contribution >= 4 is 11.6 Å². The molecule has 0 aliphatic carbocycles. The van der Waals surface area contributed by atoms with Gasteiger partial charge in [-0.25, -0.2) is 9.97 Å². The molecule has 1 unspecified atom stereocenters. The molecule has 0 amide bonds. The monoisotopic (exact) mass is 236 g/mol. The van der Waals surface area contributed by atoms with Crippen molar-refractivity contribution in [2.45, 2.75) is 39.2 Å². The number of aryl methyl sites for hydroxylation is 1. The second kappa shape index (κ2) is 4.87. The number of hydrogen-bond acceptors (Lipinski definition) is 5. The Morgan fingerprint density at radius 2 is 2.24 bits per heavy atom. The van der Waals surface area contributed by atoms with Crippen molar-refractivity contribution in [1.82, 2.24) is 9.97 Å². The molecule has 1 atom stereocenters. The van der Waals surface area contributed by atoms with Crippen LogP contribution in [-0.2, 0) is 6.42 Å². The highest BCUT2D eigenvalue weighted by Crippen LogP contribution is 2.28. The average Bonchev–Trinajstić information content (AvgIpc) is 2.80. The number of aromatic nitrogens is 2. The van der Waals surface area contributed by atoms with Crippen molar-refractivity contribution in [1.29, 1.82) is 0 Å². The van der Waals surface area contributed by atoms with Crippen molar-refractivity contribution in [2.75, 3.05) is 23.8 Å². The zero-order valence-electron chi connectivity index (χ0n) is 10.5. The van der Waals surface area contributed by atoms with Crippen LogP contribution >= 0.6 is 0 Å². The molecule has 1 fully saturated rings. The fourth-order valence-corrected chi connectivity index (χ4v) is 2.31. The van der Waals surface area contributed by atoms with E-state index in [1.165, 1.54) is 0 Å². The lowest BCUT2D eigenvalue weighted by Crippen LogP contribution is -2.33. The Labute approximate surface area is 102 Å². The van der Waals surface area contributed by atoms with Crippen LogP contribution in [0.25, 0.3) is 0 Å². The third-order valence-corrected chi connectivity index (χ3v) is 3.38. The van der Waals surface area contributed by atoms with Crippen LogP contribution in [0.1, 0.15) is 31.2 Å². The van der Waals surface area contributed by atoms with Gasteiger partial charge in [0.25, 0.3) is 0 Å². The Bertz CT molecular complexity index is 408. The van der Waals surface area contributed by atoms with Crippen LogP contribution in [0, 0.1) is 6.92 Å². The molecule has 5 nitrogen and oxygen atoms in total. The lowest BCUT2D eigenvalue weighted by Gasteiger charge is -2.26. The summed E-state index contributed by atoms with van der Waals surface area (Å²) in [6.45, 7) is 5.06. The predicted molar refractivity (Wildman–Crippen MR) is 68.0 cm³/mol. The topological polar surface area (TPSA) is 75.3 Å². The minimum atomic E-state index is 0.171. The van der Waals surface area contributed by atoms with Gasteiger partial charge >= 0.3 is 0 Å². The molecule has 1 aromatic heterocycles. The number of nitrogens with zero attached hydrogens (tertiary/aromatic N) is 3. The fraction of sp³-hybridized carbons (Fsp3) is 0.667. The SMILES string of the molecule is CCc1nc(N)c(C)c(N2CCCC2CO)n1. The maximum absolute atomic E-state index is 9.37. The normalized spacial score (nSPS) is 19.9. The number of hydrogen-bond donors (Lipinski definition) is 2. The highest BCUT2D eigenvalue weighted by molar-refractivity contribution is 5.57. The molecule has 5 heteroatoms. The van der Waals surface area contributed by atoms with Crippen LogP contribution in [0.3, 0.4) is 0 Å². The molecule has 1 aliphatic heterocycles. The van der Waals surface area contributed by atoms with Crippen LogP contribution in [0.4, 0.5) is 11.6 Å². The largest absolute Gasteiger partial charge is 0.394 e. The third kappa shape index (κ3) is 2.20. The summed E-state index contributed by atoms with van der Waals surface area (Å²) in [7, 11) is 0. The Balaban J connectivity index is 2.39. The number of aliphatic hydroxyl groups is 1. The maximum atomic E-state index is 9.37. The lowest BCUT2D eigenvalue weighted by atomic mass is 10.2. The number of nitrogen functional groups attached to an aromatic ring is 1. The van der Waals surface area contributed by atoms with Gasteiger partial charge < -0.3 is 15.7 Å². The molecule has 3 N–H and O–H groups in total. The van der Waals surface area contributed by atoms with Gasteiger partial charge in [0.1, 0.15) is 17.5 Å². The molecule has 0 radical (unpaired) electrons. The Morgan fingerprint density at radius 1 is 1.47 bits per heavy atom. The van der Waals surface area contributed by atoms with E-state index in [4.69, 9.17) is 5.73 Å². The third-order valence-electron chi connectivity index (χ3n) is 3.38. The first-order chi connectivity index (χ1) is 8.17. The van der Waals surface area contributed by atoms with E-state index in [0.29, 0.717) is 5.82 Å². The summed E-state index contributed by atoms with van der Waals surface area (Å²) in [4.78, 5) is 11.0. The van der Waals surface area contributed by atoms with Gasteiger partial charge in [0.2, 0.25) is 0 Å². The fourth-order valence-electron chi connectivity index (χ4n) is 2.31.